The second kappa shape index (κ2) is 7.32. The highest BCUT2D eigenvalue weighted by atomic mass is 16.5. The third-order valence-corrected chi connectivity index (χ3v) is 3.40. The lowest BCUT2D eigenvalue weighted by molar-refractivity contribution is -0.130. The van der Waals surface area contributed by atoms with E-state index in [0.717, 1.165) is 0 Å². The Kier molecular flexibility index (Phi) is 5.21. The largest absolute Gasteiger partial charge is 0.497 e. The molecule has 2 aromatic rings. The van der Waals surface area contributed by atoms with E-state index in [9.17, 15) is 14.7 Å². The minimum atomic E-state index is -1.14. The molecule has 0 aliphatic heterocycles. The first-order valence-corrected chi connectivity index (χ1v) is 6.97. The van der Waals surface area contributed by atoms with E-state index in [2.05, 4.69) is 0 Å². The summed E-state index contributed by atoms with van der Waals surface area (Å²) in [6, 6.07) is 10.8. The van der Waals surface area contributed by atoms with Gasteiger partial charge in [0, 0.05) is 5.56 Å². The van der Waals surface area contributed by atoms with Crippen LogP contribution in [0.1, 0.15) is 21.5 Å². The van der Waals surface area contributed by atoms with Crippen LogP contribution in [0, 0.1) is 0 Å². The molecule has 2 rings (SSSR count). The van der Waals surface area contributed by atoms with E-state index >= 15 is 0 Å². The van der Waals surface area contributed by atoms with E-state index in [1.54, 1.807) is 30.3 Å². The summed E-state index contributed by atoms with van der Waals surface area (Å²) in [6.07, 6.45) is 1.45. The second-order valence-electron chi connectivity index (χ2n) is 4.86. The molecule has 0 amide bonds. The first kappa shape index (κ1) is 17.1. The fourth-order valence-corrected chi connectivity index (χ4v) is 2.17. The summed E-state index contributed by atoms with van der Waals surface area (Å²) >= 11 is 0. The number of rotatable bonds is 6. The maximum Gasteiger partial charge on any atom is 0.336 e. The molecule has 2 aromatic carbocycles. The van der Waals surface area contributed by atoms with Gasteiger partial charge in [-0.2, -0.15) is 0 Å². The number of ether oxygens (including phenoxy) is 2. The molecule has 0 heterocycles. The van der Waals surface area contributed by atoms with Gasteiger partial charge in [0.25, 0.3) is 0 Å². The lowest BCUT2D eigenvalue weighted by Gasteiger charge is -2.11. The van der Waals surface area contributed by atoms with E-state index in [-0.39, 0.29) is 11.1 Å². The maximum absolute atomic E-state index is 11.7. The molecule has 0 aliphatic carbocycles. The van der Waals surface area contributed by atoms with Crippen LogP contribution in [0.25, 0.3) is 11.6 Å². The SMILES string of the molecule is COc1ccc(OC)c(/C(=C/c2ccc(C(=O)O)cc2)C(=O)O)c1. The number of hydrogen-bond acceptors (Lipinski definition) is 4. The Morgan fingerprint density at radius 2 is 1.62 bits per heavy atom. The van der Waals surface area contributed by atoms with Crippen molar-refractivity contribution in [3.8, 4) is 11.5 Å². The summed E-state index contributed by atoms with van der Waals surface area (Å²) in [6.45, 7) is 0. The molecule has 6 heteroatoms. The highest BCUT2D eigenvalue weighted by molar-refractivity contribution is 6.21. The Morgan fingerprint density at radius 3 is 2.12 bits per heavy atom. The number of benzene rings is 2. The van der Waals surface area contributed by atoms with Gasteiger partial charge in [0.15, 0.2) is 0 Å². The van der Waals surface area contributed by atoms with Gasteiger partial charge in [-0.3, -0.25) is 0 Å². The summed E-state index contributed by atoms with van der Waals surface area (Å²) in [5, 5.41) is 18.5. The average Bonchev–Trinajstić information content (AvgIpc) is 2.59. The summed E-state index contributed by atoms with van der Waals surface area (Å²) < 4.78 is 10.4. The van der Waals surface area contributed by atoms with E-state index in [4.69, 9.17) is 14.6 Å². The topological polar surface area (TPSA) is 93.1 Å². The molecule has 0 saturated heterocycles. The van der Waals surface area contributed by atoms with Crippen LogP contribution in [0.2, 0.25) is 0 Å². The molecule has 6 nitrogen and oxygen atoms in total. The fraction of sp³-hybridized carbons (Fsp3) is 0.111. The van der Waals surface area contributed by atoms with Crippen molar-refractivity contribution < 1.29 is 29.3 Å². The smallest absolute Gasteiger partial charge is 0.336 e. The molecule has 0 fully saturated rings. The summed E-state index contributed by atoms with van der Waals surface area (Å²) in [5.74, 6) is -1.28. The van der Waals surface area contributed by atoms with Gasteiger partial charge in [0.1, 0.15) is 11.5 Å². The molecule has 0 unspecified atom stereocenters. The van der Waals surface area contributed by atoms with Crippen LogP contribution in [0.5, 0.6) is 11.5 Å². The number of carbonyl (C=O) groups is 2. The Bertz CT molecular complexity index is 790. The lowest BCUT2D eigenvalue weighted by atomic mass is 10.0. The minimum absolute atomic E-state index is 0.00817. The highest BCUT2D eigenvalue weighted by Gasteiger charge is 2.17. The molecule has 24 heavy (non-hydrogen) atoms. The van der Waals surface area contributed by atoms with E-state index < -0.39 is 11.9 Å². The third-order valence-electron chi connectivity index (χ3n) is 3.40. The van der Waals surface area contributed by atoms with Gasteiger partial charge in [-0.05, 0) is 42.0 Å². The normalized spacial score (nSPS) is 11.0. The van der Waals surface area contributed by atoms with Gasteiger partial charge in [-0.25, -0.2) is 9.59 Å². The van der Waals surface area contributed by atoms with Gasteiger partial charge >= 0.3 is 11.9 Å². The Labute approximate surface area is 138 Å². The molecule has 2 N–H and O–H groups in total. The molecule has 0 atom stereocenters. The van der Waals surface area contributed by atoms with Crippen molar-refractivity contribution in [1.82, 2.24) is 0 Å². The molecule has 124 valence electrons. The van der Waals surface area contributed by atoms with Gasteiger partial charge in [-0.1, -0.05) is 12.1 Å². The van der Waals surface area contributed by atoms with Crippen LogP contribution in [0.3, 0.4) is 0 Å². The van der Waals surface area contributed by atoms with Crippen molar-refractivity contribution in [2.24, 2.45) is 0 Å². The molecule has 0 saturated carbocycles. The Morgan fingerprint density at radius 1 is 0.958 bits per heavy atom. The van der Waals surface area contributed by atoms with Crippen LogP contribution in [-0.2, 0) is 4.79 Å². The molecule has 0 bridgehead atoms. The van der Waals surface area contributed by atoms with Crippen LogP contribution in [0.15, 0.2) is 42.5 Å². The molecule has 0 radical (unpaired) electrons. The quantitative estimate of drug-likeness (QED) is 0.625. The van der Waals surface area contributed by atoms with Gasteiger partial charge in [0.05, 0.1) is 25.4 Å². The summed E-state index contributed by atoms with van der Waals surface area (Å²) in [4.78, 5) is 22.6. The summed E-state index contributed by atoms with van der Waals surface area (Å²) in [7, 11) is 2.94. The zero-order chi connectivity index (χ0) is 17.7. The predicted molar refractivity (Wildman–Crippen MR) is 88.5 cm³/mol. The van der Waals surface area contributed by atoms with Crippen molar-refractivity contribution in [3.63, 3.8) is 0 Å². The first-order valence-electron chi connectivity index (χ1n) is 6.97. The van der Waals surface area contributed by atoms with Crippen molar-refractivity contribution in [3.05, 3.63) is 59.2 Å². The number of aliphatic carboxylic acids is 1. The predicted octanol–water partition coefficient (Wildman–Crippen LogP) is 3.03. The van der Waals surface area contributed by atoms with Crippen LogP contribution < -0.4 is 9.47 Å². The molecule has 0 spiro atoms. The number of methoxy groups -OCH3 is 2. The lowest BCUT2D eigenvalue weighted by Crippen LogP contribution is -2.03. The Hall–Kier alpha value is -3.28. The third kappa shape index (κ3) is 3.73. The standard InChI is InChI=1S/C18H16O6/c1-23-13-7-8-16(24-2)14(10-13)15(18(21)22)9-11-3-5-12(6-4-11)17(19)20/h3-10H,1-2H3,(H,19,20)(H,21,22)/b15-9-. The minimum Gasteiger partial charge on any atom is -0.497 e. The number of carboxylic acid groups (broad SMARTS) is 2. The van der Waals surface area contributed by atoms with Gasteiger partial charge < -0.3 is 19.7 Å². The van der Waals surface area contributed by atoms with Crippen molar-refractivity contribution in [1.29, 1.82) is 0 Å². The molecule has 0 aromatic heterocycles. The average molecular weight is 328 g/mol. The van der Waals surface area contributed by atoms with Crippen molar-refractivity contribution >= 4 is 23.6 Å². The first-order chi connectivity index (χ1) is 11.5. The monoisotopic (exact) mass is 328 g/mol. The molecule has 0 aliphatic rings. The van der Waals surface area contributed by atoms with Gasteiger partial charge in [-0.15, -0.1) is 0 Å². The van der Waals surface area contributed by atoms with Crippen LogP contribution >= 0.6 is 0 Å². The van der Waals surface area contributed by atoms with E-state index in [1.807, 2.05) is 0 Å². The van der Waals surface area contributed by atoms with E-state index in [0.29, 0.717) is 22.6 Å². The number of hydrogen-bond donors (Lipinski definition) is 2. The van der Waals surface area contributed by atoms with Crippen molar-refractivity contribution in [2.45, 2.75) is 0 Å². The van der Waals surface area contributed by atoms with Crippen LogP contribution in [-0.4, -0.2) is 36.4 Å². The number of aromatic carboxylic acids is 1. The summed E-state index contributed by atoms with van der Waals surface area (Å²) in [5.41, 5.74) is 1.06. The Balaban J connectivity index is 2.53. The molecular weight excluding hydrogens is 312 g/mol. The van der Waals surface area contributed by atoms with Crippen molar-refractivity contribution in [2.75, 3.05) is 14.2 Å². The zero-order valence-electron chi connectivity index (χ0n) is 13.1. The fourth-order valence-electron chi connectivity index (χ4n) is 2.17. The van der Waals surface area contributed by atoms with E-state index in [1.165, 1.54) is 32.4 Å². The van der Waals surface area contributed by atoms with Gasteiger partial charge in [0.2, 0.25) is 0 Å². The molecular formula is C18H16O6. The zero-order valence-corrected chi connectivity index (χ0v) is 13.1. The number of carboxylic acids is 2. The second-order valence-corrected chi connectivity index (χ2v) is 4.86. The highest BCUT2D eigenvalue weighted by Crippen LogP contribution is 2.31. The van der Waals surface area contributed by atoms with Crippen LogP contribution in [0.4, 0.5) is 0 Å². The maximum atomic E-state index is 11.7.